The van der Waals surface area contributed by atoms with Crippen molar-refractivity contribution in [2.45, 2.75) is 12.7 Å². The Bertz CT molecular complexity index is 653. The van der Waals surface area contributed by atoms with E-state index in [-0.39, 0.29) is 6.54 Å². The Labute approximate surface area is 129 Å². The molecule has 0 aliphatic rings. The van der Waals surface area contributed by atoms with Crippen molar-refractivity contribution in [2.24, 2.45) is 0 Å². The predicted octanol–water partition coefficient (Wildman–Crippen LogP) is 2.67. The van der Waals surface area contributed by atoms with Gasteiger partial charge in [-0.15, -0.1) is 0 Å². The minimum Gasteiger partial charge on any atom is -0.497 e. The molecular formula is C14H14F3N3O3. The summed E-state index contributed by atoms with van der Waals surface area (Å²) in [5.41, 5.74) is 1.25. The summed E-state index contributed by atoms with van der Waals surface area (Å²) in [6, 6.07) is 8.75. The maximum absolute atomic E-state index is 11.9. The van der Waals surface area contributed by atoms with Crippen molar-refractivity contribution in [3.8, 4) is 11.4 Å². The lowest BCUT2D eigenvalue weighted by atomic mass is 10.3. The zero-order valence-corrected chi connectivity index (χ0v) is 12.1. The number of methoxy groups -OCH3 is 1. The van der Waals surface area contributed by atoms with Crippen molar-refractivity contribution >= 4 is 6.09 Å². The Balaban J connectivity index is 1.88. The van der Waals surface area contributed by atoms with Gasteiger partial charge in [0, 0.05) is 6.20 Å². The van der Waals surface area contributed by atoms with Crippen LogP contribution in [0.3, 0.4) is 0 Å². The zero-order chi connectivity index (χ0) is 16.9. The van der Waals surface area contributed by atoms with Crippen molar-refractivity contribution < 1.29 is 27.4 Å². The van der Waals surface area contributed by atoms with Crippen molar-refractivity contribution in [3.63, 3.8) is 0 Å². The molecule has 0 unspecified atom stereocenters. The molecule has 0 spiro atoms. The number of aromatic nitrogens is 2. The molecule has 23 heavy (non-hydrogen) atoms. The topological polar surface area (TPSA) is 65.4 Å². The maximum Gasteiger partial charge on any atom is 0.422 e. The van der Waals surface area contributed by atoms with Crippen LogP contribution in [0.2, 0.25) is 0 Å². The molecule has 0 radical (unpaired) electrons. The standard InChI is InChI=1S/C14H14F3N3O3/c1-22-12-4-2-11(3-5-12)20-7-6-10(19-20)8-18-13(21)23-9-14(15,16)17/h2-7H,8-9H2,1H3,(H,18,21). The lowest BCUT2D eigenvalue weighted by molar-refractivity contribution is -0.160. The van der Waals surface area contributed by atoms with E-state index in [1.54, 1.807) is 48.3 Å². The third-order valence-electron chi connectivity index (χ3n) is 2.76. The normalized spacial score (nSPS) is 11.1. The Hall–Kier alpha value is -2.71. The second kappa shape index (κ2) is 7.03. The predicted molar refractivity (Wildman–Crippen MR) is 74.4 cm³/mol. The lowest BCUT2D eigenvalue weighted by Crippen LogP contribution is -2.28. The van der Waals surface area contributed by atoms with Gasteiger partial charge in [0.1, 0.15) is 5.75 Å². The molecule has 2 rings (SSSR count). The number of ether oxygens (including phenoxy) is 2. The molecular weight excluding hydrogens is 315 g/mol. The molecule has 6 nitrogen and oxygen atoms in total. The molecule has 0 atom stereocenters. The van der Waals surface area contributed by atoms with Gasteiger partial charge < -0.3 is 14.8 Å². The van der Waals surface area contributed by atoms with Gasteiger partial charge in [-0.05, 0) is 30.3 Å². The van der Waals surface area contributed by atoms with Gasteiger partial charge in [0.2, 0.25) is 0 Å². The number of benzene rings is 1. The third-order valence-corrected chi connectivity index (χ3v) is 2.76. The summed E-state index contributed by atoms with van der Waals surface area (Å²) in [6.07, 6.45) is -4.03. The number of nitrogens with one attached hydrogen (secondary N) is 1. The minimum absolute atomic E-state index is 0.0418. The van der Waals surface area contributed by atoms with E-state index in [0.29, 0.717) is 11.4 Å². The first-order valence-corrected chi connectivity index (χ1v) is 6.54. The van der Waals surface area contributed by atoms with Crippen LogP contribution in [0.4, 0.5) is 18.0 Å². The highest BCUT2D eigenvalue weighted by Crippen LogP contribution is 2.15. The average Bonchev–Trinajstić information content (AvgIpc) is 2.99. The molecule has 0 aliphatic heterocycles. The highest BCUT2D eigenvalue weighted by molar-refractivity contribution is 5.67. The number of carbonyl (C=O) groups is 1. The maximum atomic E-state index is 11.9. The zero-order valence-electron chi connectivity index (χ0n) is 12.1. The fourth-order valence-electron chi connectivity index (χ4n) is 1.70. The van der Waals surface area contributed by atoms with E-state index in [2.05, 4.69) is 15.2 Å². The number of hydrogen-bond donors (Lipinski definition) is 1. The summed E-state index contributed by atoms with van der Waals surface area (Å²) in [5, 5.41) is 6.40. The second-order valence-corrected chi connectivity index (χ2v) is 4.49. The van der Waals surface area contributed by atoms with Crippen LogP contribution < -0.4 is 10.1 Å². The van der Waals surface area contributed by atoms with Crippen LogP contribution in [0.1, 0.15) is 5.69 Å². The molecule has 0 aliphatic carbocycles. The Kier molecular flexibility index (Phi) is 5.09. The molecule has 1 amide bonds. The van der Waals surface area contributed by atoms with Gasteiger partial charge in [-0.1, -0.05) is 0 Å². The van der Waals surface area contributed by atoms with Crippen molar-refractivity contribution in [2.75, 3.05) is 13.7 Å². The van der Waals surface area contributed by atoms with Crippen LogP contribution in [0, 0.1) is 0 Å². The van der Waals surface area contributed by atoms with Gasteiger partial charge in [0.05, 0.1) is 25.0 Å². The molecule has 124 valence electrons. The molecule has 0 fully saturated rings. The molecule has 0 saturated carbocycles. The van der Waals surface area contributed by atoms with Gasteiger partial charge in [-0.25, -0.2) is 9.48 Å². The van der Waals surface area contributed by atoms with Crippen LogP contribution in [0.25, 0.3) is 5.69 Å². The Morgan fingerprint density at radius 2 is 1.96 bits per heavy atom. The summed E-state index contributed by atoms with van der Waals surface area (Å²) < 4.78 is 46.3. The number of rotatable bonds is 5. The van der Waals surface area contributed by atoms with Crippen LogP contribution >= 0.6 is 0 Å². The van der Waals surface area contributed by atoms with E-state index in [1.165, 1.54) is 0 Å². The third kappa shape index (κ3) is 5.20. The summed E-state index contributed by atoms with van der Waals surface area (Å²) >= 11 is 0. The fourth-order valence-corrected chi connectivity index (χ4v) is 1.70. The molecule has 1 N–H and O–H groups in total. The fraction of sp³-hybridized carbons (Fsp3) is 0.286. The molecule has 1 aromatic heterocycles. The average molecular weight is 329 g/mol. The van der Waals surface area contributed by atoms with Gasteiger partial charge >= 0.3 is 12.3 Å². The molecule has 9 heteroatoms. The van der Waals surface area contributed by atoms with E-state index in [4.69, 9.17) is 4.74 Å². The van der Waals surface area contributed by atoms with E-state index in [9.17, 15) is 18.0 Å². The molecule has 0 saturated heterocycles. The highest BCUT2D eigenvalue weighted by Gasteiger charge is 2.29. The highest BCUT2D eigenvalue weighted by atomic mass is 19.4. The quantitative estimate of drug-likeness (QED) is 0.916. The summed E-state index contributed by atoms with van der Waals surface area (Å²) in [6.45, 7) is -1.67. The monoisotopic (exact) mass is 329 g/mol. The Morgan fingerprint density at radius 1 is 1.26 bits per heavy atom. The van der Waals surface area contributed by atoms with Gasteiger partial charge in [0.25, 0.3) is 0 Å². The van der Waals surface area contributed by atoms with Crippen LogP contribution in [0.15, 0.2) is 36.5 Å². The first-order valence-electron chi connectivity index (χ1n) is 6.54. The summed E-state index contributed by atoms with van der Waals surface area (Å²) in [4.78, 5) is 11.1. The van der Waals surface area contributed by atoms with Crippen molar-refractivity contribution in [1.82, 2.24) is 15.1 Å². The van der Waals surface area contributed by atoms with Gasteiger partial charge in [0.15, 0.2) is 6.61 Å². The summed E-state index contributed by atoms with van der Waals surface area (Å²) in [5.74, 6) is 0.704. The van der Waals surface area contributed by atoms with Crippen LogP contribution in [-0.2, 0) is 11.3 Å². The number of hydrogen-bond acceptors (Lipinski definition) is 4. The van der Waals surface area contributed by atoms with Crippen molar-refractivity contribution in [1.29, 1.82) is 0 Å². The summed E-state index contributed by atoms with van der Waals surface area (Å²) in [7, 11) is 1.56. The molecule has 1 aromatic carbocycles. The number of halogens is 3. The number of alkyl halides is 3. The lowest BCUT2D eigenvalue weighted by Gasteiger charge is -2.08. The number of carbonyl (C=O) groups excluding carboxylic acids is 1. The van der Waals surface area contributed by atoms with E-state index >= 15 is 0 Å². The SMILES string of the molecule is COc1ccc(-n2ccc(CNC(=O)OCC(F)(F)F)n2)cc1. The smallest absolute Gasteiger partial charge is 0.422 e. The second-order valence-electron chi connectivity index (χ2n) is 4.49. The van der Waals surface area contributed by atoms with Crippen LogP contribution in [0.5, 0.6) is 5.75 Å². The van der Waals surface area contributed by atoms with E-state index in [1.807, 2.05) is 0 Å². The van der Waals surface area contributed by atoms with Crippen LogP contribution in [-0.4, -0.2) is 35.8 Å². The Morgan fingerprint density at radius 3 is 2.57 bits per heavy atom. The molecule has 1 heterocycles. The number of nitrogens with zero attached hydrogens (tertiary/aromatic N) is 2. The minimum atomic E-state index is -4.55. The largest absolute Gasteiger partial charge is 0.497 e. The van der Waals surface area contributed by atoms with E-state index < -0.39 is 18.9 Å². The molecule has 2 aromatic rings. The van der Waals surface area contributed by atoms with E-state index in [0.717, 1.165) is 5.69 Å². The first-order chi connectivity index (χ1) is 10.9. The number of amides is 1. The first kappa shape index (κ1) is 16.7. The van der Waals surface area contributed by atoms with Gasteiger partial charge in [-0.2, -0.15) is 18.3 Å². The van der Waals surface area contributed by atoms with Gasteiger partial charge in [-0.3, -0.25) is 0 Å². The van der Waals surface area contributed by atoms with Crippen molar-refractivity contribution in [3.05, 3.63) is 42.2 Å². The molecule has 0 bridgehead atoms. The number of alkyl carbamates (subject to hydrolysis) is 1.